The molecule has 0 aromatic rings. The highest BCUT2D eigenvalue weighted by atomic mass is 15.2. The largest absolute Gasteiger partial charge is 0.356 e. The first-order valence-electron chi connectivity index (χ1n) is 9.88. The maximum Gasteiger partial charge on any atom is 0.191 e. The number of guanidine groups is 1. The summed E-state index contributed by atoms with van der Waals surface area (Å²) in [6, 6.07) is 0.612. The van der Waals surface area contributed by atoms with Crippen molar-refractivity contribution in [3.8, 4) is 0 Å². The quantitative estimate of drug-likeness (QED) is 0.429. The van der Waals surface area contributed by atoms with Crippen LogP contribution in [0.5, 0.6) is 0 Å². The van der Waals surface area contributed by atoms with E-state index in [9.17, 15) is 0 Å². The van der Waals surface area contributed by atoms with E-state index in [4.69, 9.17) is 0 Å². The molecule has 2 fully saturated rings. The zero-order valence-corrected chi connectivity index (χ0v) is 15.6. The molecule has 0 spiro atoms. The molecular weight excluding hydrogens is 284 g/mol. The molecule has 1 saturated heterocycles. The minimum atomic E-state index is 0.612. The van der Waals surface area contributed by atoms with E-state index in [1.807, 2.05) is 7.05 Å². The zero-order valence-electron chi connectivity index (χ0n) is 15.6. The van der Waals surface area contributed by atoms with Crippen molar-refractivity contribution in [2.75, 3.05) is 33.2 Å². The Hall–Kier alpha value is -0.770. The average molecular weight is 323 g/mol. The Balaban J connectivity index is 1.55. The first-order valence-corrected chi connectivity index (χ1v) is 9.88. The van der Waals surface area contributed by atoms with E-state index in [2.05, 4.69) is 34.4 Å². The molecule has 0 radical (unpaired) electrons. The van der Waals surface area contributed by atoms with Crippen LogP contribution in [0.2, 0.25) is 0 Å². The molecule has 134 valence electrons. The van der Waals surface area contributed by atoms with E-state index in [-0.39, 0.29) is 0 Å². The first-order chi connectivity index (χ1) is 11.2. The predicted octanol–water partition coefficient (Wildman–Crippen LogP) is 3.24. The minimum absolute atomic E-state index is 0.612. The second-order valence-corrected chi connectivity index (χ2v) is 7.75. The number of hydrogen-bond donors (Lipinski definition) is 2. The van der Waals surface area contributed by atoms with Gasteiger partial charge < -0.3 is 15.5 Å². The molecule has 4 nitrogen and oxygen atoms in total. The van der Waals surface area contributed by atoms with E-state index in [0.717, 1.165) is 24.3 Å². The maximum atomic E-state index is 4.40. The van der Waals surface area contributed by atoms with Gasteiger partial charge in [-0.05, 0) is 82.8 Å². The lowest BCUT2D eigenvalue weighted by atomic mass is 9.80. The molecule has 23 heavy (non-hydrogen) atoms. The van der Waals surface area contributed by atoms with Crippen LogP contribution in [0, 0.1) is 11.8 Å². The maximum absolute atomic E-state index is 4.40. The van der Waals surface area contributed by atoms with Crippen molar-refractivity contribution in [2.24, 2.45) is 16.8 Å². The fourth-order valence-electron chi connectivity index (χ4n) is 3.99. The van der Waals surface area contributed by atoms with E-state index in [1.165, 1.54) is 71.0 Å². The zero-order chi connectivity index (χ0) is 16.5. The smallest absolute Gasteiger partial charge is 0.191 e. The molecular formula is C19H38N4. The van der Waals surface area contributed by atoms with Crippen LogP contribution in [0.15, 0.2) is 4.99 Å². The van der Waals surface area contributed by atoms with Crippen LogP contribution in [-0.2, 0) is 0 Å². The van der Waals surface area contributed by atoms with Crippen LogP contribution < -0.4 is 10.6 Å². The molecule has 0 atom stereocenters. The Kier molecular flexibility index (Phi) is 8.21. The van der Waals surface area contributed by atoms with Gasteiger partial charge in [0, 0.05) is 19.6 Å². The summed E-state index contributed by atoms with van der Waals surface area (Å²) < 4.78 is 0. The third kappa shape index (κ3) is 6.70. The summed E-state index contributed by atoms with van der Waals surface area (Å²) in [5.74, 6) is 2.76. The Labute approximate surface area is 143 Å². The molecule has 4 heteroatoms. The molecule has 2 rings (SSSR count). The number of hydrogen-bond acceptors (Lipinski definition) is 2. The SMILES string of the molecule is CN=C(NCCCCN1CCCC1)NC1CCC(C(C)C)CC1. The molecule has 1 aliphatic carbocycles. The highest BCUT2D eigenvalue weighted by Crippen LogP contribution is 2.29. The number of nitrogens with one attached hydrogen (secondary N) is 2. The minimum Gasteiger partial charge on any atom is -0.356 e. The Morgan fingerprint density at radius 3 is 2.39 bits per heavy atom. The van der Waals surface area contributed by atoms with Gasteiger partial charge in [-0.3, -0.25) is 4.99 Å². The lowest BCUT2D eigenvalue weighted by Crippen LogP contribution is -2.45. The van der Waals surface area contributed by atoms with Gasteiger partial charge in [-0.25, -0.2) is 0 Å². The Bertz CT molecular complexity index is 339. The van der Waals surface area contributed by atoms with Gasteiger partial charge in [-0.15, -0.1) is 0 Å². The molecule has 1 aliphatic heterocycles. The molecule has 0 aromatic heterocycles. The van der Waals surface area contributed by atoms with Gasteiger partial charge in [-0.1, -0.05) is 13.8 Å². The summed E-state index contributed by atoms with van der Waals surface area (Å²) in [6.07, 6.45) is 10.6. The number of nitrogens with zero attached hydrogens (tertiary/aromatic N) is 2. The second kappa shape index (κ2) is 10.2. The van der Waals surface area contributed by atoms with Gasteiger partial charge in [-0.2, -0.15) is 0 Å². The molecule has 0 unspecified atom stereocenters. The summed E-state index contributed by atoms with van der Waals surface area (Å²) in [6.45, 7) is 9.66. The third-order valence-electron chi connectivity index (χ3n) is 5.67. The van der Waals surface area contributed by atoms with E-state index in [0.29, 0.717) is 6.04 Å². The van der Waals surface area contributed by atoms with E-state index < -0.39 is 0 Å². The van der Waals surface area contributed by atoms with Gasteiger partial charge in [0.1, 0.15) is 0 Å². The second-order valence-electron chi connectivity index (χ2n) is 7.75. The van der Waals surface area contributed by atoms with Crippen LogP contribution >= 0.6 is 0 Å². The van der Waals surface area contributed by atoms with Crippen molar-refractivity contribution in [3.05, 3.63) is 0 Å². The van der Waals surface area contributed by atoms with Crippen molar-refractivity contribution >= 4 is 5.96 Å². The average Bonchev–Trinajstić information content (AvgIpc) is 3.07. The molecule has 2 aliphatic rings. The number of rotatable bonds is 7. The molecule has 1 saturated carbocycles. The standard InChI is InChI=1S/C19H38N4/c1-16(2)17-8-10-18(11-9-17)22-19(20-3)21-12-4-5-13-23-14-6-7-15-23/h16-18H,4-15H2,1-3H3,(H2,20,21,22). The van der Waals surface area contributed by atoms with Gasteiger partial charge in [0.05, 0.1) is 0 Å². The highest BCUT2D eigenvalue weighted by molar-refractivity contribution is 5.79. The summed E-state index contributed by atoms with van der Waals surface area (Å²) in [4.78, 5) is 6.99. The lowest BCUT2D eigenvalue weighted by molar-refractivity contribution is 0.250. The fourth-order valence-corrected chi connectivity index (χ4v) is 3.99. The van der Waals surface area contributed by atoms with Crippen LogP contribution in [0.4, 0.5) is 0 Å². The number of unbranched alkanes of at least 4 members (excludes halogenated alkanes) is 1. The summed E-state index contributed by atoms with van der Waals surface area (Å²) in [7, 11) is 1.89. The van der Waals surface area contributed by atoms with Crippen molar-refractivity contribution in [1.82, 2.24) is 15.5 Å². The molecule has 0 bridgehead atoms. The first kappa shape index (κ1) is 18.6. The van der Waals surface area contributed by atoms with Crippen LogP contribution in [0.25, 0.3) is 0 Å². The van der Waals surface area contributed by atoms with E-state index in [1.54, 1.807) is 0 Å². The van der Waals surface area contributed by atoms with Crippen LogP contribution in [0.1, 0.15) is 65.2 Å². The normalized spacial score (nSPS) is 26.7. The van der Waals surface area contributed by atoms with Gasteiger partial charge in [0.2, 0.25) is 0 Å². The molecule has 0 amide bonds. The van der Waals surface area contributed by atoms with Crippen molar-refractivity contribution < 1.29 is 0 Å². The number of aliphatic imine (C=N–C) groups is 1. The fraction of sp³-hybridized carbons (Fsp3) is 0.947. The van der Waals surface area contributed by atoms with E-state index >= 15 is 0 Å². The molecule has 1 heterocycles. The monoisotopic (exact) mass is 322 g/mol. The van der Waals surface area contributed by atoms with Crippen molar-refractivity contribution in [1.29, 1.82) is 0 Å². The third-order valence-corrected chi connectivity index (χ3v) is 5.67. The Morgan fingerprint density at radius 1 is 1.09 bits per heavy atom. The van der Waals surface area contributed by atoms with Crippen molar-refractivity contribution in [3.63, 3.8) is 0 Å². The summed E-state index contributed by atoms with van der Waals surface area (Å²) >= 11 is 0. The highest BCUT2D eigenvalue weighted by Gasteiger charge is 2.23. The lowest BCUT2D eigenvalue weighted by Gasteiger charge is -2.32. The summed E-state index contributed by atoms with van der Waals surface area (Å²) in [5, 5.41) is 7.12. The molecule has 0 aromatic carbocycles. The number of likely N-dealkylation sites (tertiary alicyclic amines) is 1. The van der Waals surface area contributed by atoms with Gasteiger partial charge >= 0.3 is 0 Å². The van der Waals surface area contributed by atoms with Gasteiger partial charge in [0.25, 0.3) is 0 Å². The summed E-state index contributed by atoms with van der Waals surface area (Å²) in [5.41, 5.74) is 0. The predicted molar refractivity (Wildman–Crippen MR) is 100.0 cm³/mol. The topological polar surface area (TPSA) is 39.7 Å². The van der Waals surface area contributed by atoms with Crippen LogP contribution in [-0.4, -0.2) is 50.1 Å². The van der Waals surface area contributed by atoms with Gasteiger partial charge in [0.15, 0.2) is 5.96 Å². The molecule has 2 N–H and O–H groups in total. The Morgan fingerprint density at radius 2 is 1.78 bits per heavy atom. The van der Waals surface area contributed by atoms with Crippen molar-refractivity contribution in [2.45, 2.75) is 71.3 Å². The van der Waals surface area contributed by atoms with Crippen LogP contribution in [0.3, 0.4) is 0 Å².